The molecule has 1 aromatic heterocycles. The van der Waals surface area contributed by atoms with Crippen molar-refractivity contribution < 1.29 is 5.11 Å². The third-order valence-electron chi connectivity index (χ3n) is 2.64. The summed E-state index contributed by atoms with van der Waals surface area (Å²) in [5.41, 5.74) is 2.04. The molecule has 0 aliphatic rings. The van der Waals surface area contributed by atoms with Gasteiger partial charge < -0.3 is 15.3 Å². The van der Waals surface area contributed by atoms with Crippen LogP contribution in [0.4, 0.5) is 11.4 Å². The summed E-state index contributed by atoms with van der Waals surface area (Å²) in [6, 6.07) is 2.15. The quantitative estimate of drug-likeness (QED) is 0.771. The molecule has 1 aromatic rings. The van der Waals surface area contributed by atoms with Gasteiger partial charge >= 0.3 is 0 Å². The van der Waals surface area contributed by atoms with E-state index >= 15 is 0 Å². The van der Waals surface area contributed by atoms with Crippen LogP contribution in [0, 0.1) is 0 Å². The Morgan fingerprint density at radius 3 is 2.88 bits per heavy atom. The van der Waals surface area contributed by atoms with E-state index in [9.17, 15) is 0 Å². The zero-order chi connectivity index (χ0) is 12.0. The van der Waals surface area contributed by atoms with Gasteiger partial charge in [-0.05, 0) is 19.4 Å². The minimum atomic E-state index is 0.100. The van der Waals surface area contributed by atoms with Crippen LogP contribution in [0.2, 0.25) is 0 Å². The van der Waals surface area contributed by atoms with E-state index in [1.54, 1.807) is 0 Å². The van der Waals surface area contributed by atoms with Crippen LogP contribution < -0.4 is 10.2 Å². The molecule has 4 nitrogen and oxygen atoms in total. The van der Waals surface area contributed by atoms with Gasteiger partial charge in [-0.25, -0.2) is 0 Å². The van der Waals surface area contributed by atoms with Gasteiger partial charge in [-0.15, -0.1) is 0 Å². The first kappa shape index (κ1) is 12.8. The molecule has 1 rings (SSSR count). The Morgan fingerprint density at radius 2 is 2.25 bits per heavy atom. The third kappa shape index (κ3) is 3.38. The maximum Gasteiger partial charge on any atom is 0.0632 e. The third-order valence-corrected chi connectivity index (χ3v) is 2.64. The Labute approximate surface area is 97.3 Å². The van der Waals surface area contributed by atoms with Gasteiger partial charge in [-0.1, -0.05) is 6.92 Å². The number of aliphatic hydroxyl groups excluding tert-OH is 1. The maximum atomic E-state index is 9.10. The van der Waals surface area contributed by atoms with Gasteiger partial charge in [-0.2, -0.15) is 0 Å². The van der Waals surface area contributed by atoms with Gasteiger partial charge in [0.05, 0.1) is 30.4 Å². The molecule has 0 spiro atoms. The summed E-state index contributed by atoms with van der Waals surface area (Å²) in [5, 5.41) is 12.4. The smallest absolute Gasteiger partial charge is 0.0632 e. The Bertz CT molecular complexity index is 317. The van der Waals surface area contributed by atoms with E-state index < -0.39 is 0 Å². The highest BCUT2D eigenvalue weighted by atomic mass is 16.3. The molecule has 0 aliphatic heterocycles. The minimum absolute atomic E-state index is 0.100. The Balaban J connectivity index is 2.73. The van der Waals surface area contributed by atoms with Gasteiger partial charge in [0, 0.05) is 19.6 Å². The van der Waals surface area contributed by atoms with Crippen LogP contribution in [-0.4, -0.2) is 36.3 Å². The molecule has 0 saturated heterocycles. The van der Waals surface area contributed by atoms with Crippen molar-refractivity contribution in [3.63, 3.8) is 0 Å². The zero-order valence-corrected chi connectivity index (χ0v) is 10.3. The lowest BCUT2D eigenvalue weighted by Gasteiger charge is -2.25. The van der Waals surface area contributed by atoms with Crippen molar-refractivity contribution in [3.8, 4) is 0 Å². The number of anilines is 2. The molecular formula is C12H21N3O. The molecule has 2 N–H and O–H groups in total. The van der Waals surface area contributed by atoms with E-state index in [0.29, 0.717) is 0 Å². The molecule has 90 valence electrons. The number of likely N-dealkylation sites (N-methyl/N-ethyl adjacent to an activating group) is 1. The predicted octanol–water partition coefficient (Wildman–Crippen LogP) is 1.72. The van der Waals surface area contributed by atoms with Gasteiger partial charge in [-0.3, -0.25) is 4.98 Å². The van der Waals surface area contributed by atoms with Gasteiger partial charge in [0.25, 0.3) is 0 Å². The molecule has 0 bridgehead atoms. The fraction of sp³-hybridized carbons (Fsp3) is 0.583. The van der Waals surface area contributed by atoms with Crippen molar-refractivity contribution in [2.75, 3.05) is 30.4 Å². The van der Waals surface area contributed by atoms with E-state index in [0.717, 1.165) is 24.3 Å². The van der Waals surface area contributed by atoms with Crippen LogP contribution >= 0.6 is 0 Å². The Morgan fingerprint density at radius 1 is 1.50 bits per heavy atom. The predicted molar refractivity (Wildman–Crippen MR) is 68.0 cm³/mol. The van der Waals surface area contributed by atoms with E-state index in [2.05, 4.69) is 23.3 Å². The fourth-order valence-corrected chi connectivity index (χ4v) is 1.36. The summed E-state index contributed by atoms with van der Waals surface area (Å²) in [7, 11) is 1.96. The van der Waals surface area contributed by atoms with Gasteiger partial charge in [0.1, 0.15) is 0 Å². The number of hydrogen-bond acceptors (Lipinski definition) is 4. The summed E-state index contributed by atoms with van der Waals surface area (Å²) in [6.45, 7) is 5.20. The number of nitrogens with one attached hydrogen (secondary N) is 1. The van der Waals surface area contributed by atoms with E-state index in [-0.39, 0.29) is 12.6 Å². The van der Waals surface area contributed by atoms with Crippen LogP contribution in [0.3, 0.4) is 0 Å². The van der Waals surface area contributed by atoms with Crippen molar-refractivity contribution in [1.82, 2.24) is 4.98 Å². The van der Waals surface area contributed by atoms with Crippen molar-refractivity contribution in [2.45, 2.75) is 26.3 Å². The van der Waals surface area contributed by atoms with Crippen LogP contribution in [0.15, 0.2) is 18.5 Å². The molecule has 0 saturated carbocycles. The summed E-state index contributed by atoms with van der Waals surface area (Å²) < 4.78 is 0. The van der Waals surface area contributed by atoms with Crippen molar-refractivity contribution >= 4 is 11.4 Å². The summed E-state index contributed by atoms with van der Waals surface area (Å²) in [4.78, 5) is 6.21. The van der Waals surface area contributed by atoms with Crippen molar-refractivity contribution in [2.24, 2.45) is 0 Å². The maximum absolute atomic E-state index is 9.10. The lowest BCUT2D eigenvalue weighted by Crippen LogP contribution is -2.31. The largest absolute Gasteiger partial charge is 0.394 e. The van der Waals surface area contributed by atoms with Crippen LogP contribution in [0.25, 0.3) is 0 Å². The molecule has 0 radical (unpaired) electrons. The standard InChI is InChI=1S/C12H21N3O/c1-4-5-14-11-6-12(8-13-7-11)15(3)10(2)9-16/h6-8,10,14,16H,4-5,9H2,1-3H3. The van der Waals surface area contributed by atoms with E-state index in [1.807, 2.05) is 31.3 Å². The minimum Gasteiger partial charge on any atom is -0.394 e. The Kier molecular flexibility index (Phi) is 5.05. The topological polar surface area (TPSA) is 48.4 Å². The molecule has 0 amide bonds. The highest BCUT2D eigenvalue weighted by Crippen LogP contribution is 2.18. The number of aliphatic hydroxyl groups is 1. The average Bonchev–Trinajstić information content (AvgIpc) is 2.34. The van der Waals surface area contributed by atoms with Crippen LogP contribution in [-0.2, 0) is 0 Å². The molecular weight excluding hydrogens is 202 g/mol. The monoisotopic (exact) mass is 223 g/mol. The van der Waals surface area contributed by atoms with Gasteiger partial charge in [0.15, 0.2) is 0 Å². The fourth-order valence-electron chi connectivity index (χ4n) is 1.36. The second-order valence-corrected chi connectivity index (χ2v) is 4.00. The SMILES string of the molecule is CCCNc1cncc(N(C)C(C)CO)c1. The zero-order valence-electron chi connectivity index (χ0n) is 10.3. The number of pyridine rings is 1. The summed E-state index contributed by atoms with van der Waals surface area (Å²) in [6.07, 6.45) is 4.72. The molecule has 0 aliphatic carbocycles. The molecule has 1 atom stereocenters. The lowest BCUT2D eigenvalue weighted by atomic mass is 10.2. The lowest BCUT2D eigenvalue weighted by molar-refractivity contribution is 0.270. The first-order chi connectivity index (χ1) is 7.69. The second-order valence-electron chi connectivity index (χ2n) is 4.00. The first-order valence-electron chi connectivity index (χ1n) is 5.71. The summed E-state index contributed by atoms with van der Waals surface area (Å²) >= 11 is 0. The Hall–Kier alpha value is -1.29. The molecule has 1 heterocycles. The molecule has 0 aromatic carbocycles. The van der Waals surface area contributed by atoms with Gasteiger partial charge in [0.2, 0.25) is 0 Å². The van der Waals surface area contributed by atoms with E-state index in [4.69, 9.17) is 5.11 Å². The number of rotatable bonds is 6. The number of hydrogen-bond donors (Lipinski definition) is 2. The second kappa shape index (κ2) is 6.33. The average molecular weight is 223 g/mol. The highest BCUT2D eigenvalue weighted by Gasteiger charge is 2.09. The van der Waals surface area contributed by atoms with Crippen molar-refractivity contribution in [1.29, 1.82) is 0 Å². The number of aromatic nitrogens is 1. The number of nitrogens with zero attached hydrogens (tertiary/aromatic N) is 2. The molecule has 16 heavy (non-hydrogen) atoms. The highest BCUT2D eigenvalue weighted by molar-refractivity contribution is 5.55. The molecule has 0 fully saturated rings. The normalized spacial score (nSPS) is 12.2. The summed E-state index contributed by atoms with van der Waals surface area (Å²) in [5.74, 6) is 0. The van der Waals surface area contributed by atoms with E-state index in [1.165, 1.54) is 0 Å². The van der Waals surface area contributed by atoms with Crippen molar-refractivity contribution in [3.05, 3.63) is 18.5 Å². The first-order valence-corrected chi connectivity index (χ1v) is 5.71. The molecule has 4 heteroatoms. The van der Waals surface area contributed by atoms with Crippen LogP contribution in [0.5, 0.6) is 0 Å². The molecule has 1 unspecified atom stereocenters. The van der Waals surface area contributed by atoms with Crippen LogP contribution in [0.1, 0.15) is 20.3 Å².